The van der Waals surface area contributed by atoms with Gasteiger partial charge in [-0.1, -0.05) is 85.5 Å². The fourth-order valence-corrected chi connectivity index (χ4v) is 5.14. The number of ketones is 1. The highest BCUT2D eigenvalue weighted by Gasteiger charge is 2.37. The topological polar surface area (TPSA) is 17.1 Å². The second kappa shape index (κ2) is 13.8. The summed E-state index contributed by atoms with van der Waals surface area (Å²) in [6, 6.07) is 0. The molecule has 0 aliphatic heterocycles. The van der Waals surface area contributed by atoms with E-state index in [1.807, 2.05) is 0 Å². The molecular weight excluding hydrogens is 304 g/mol. The van der Waals surface area contributed by atoms with Crippen molar-refractivity contribution in [3.63, 3.8) is 0 Å². The van der Waals surface area contributed by atoms with Gasteiger partial charge >= 0.3 is 0 Å². The van der Waals surface area contributed by atoms with Crippen molar-refractivity contribution < 1.29 is 4.79 Å². The van der Waals surface area contributed by atoms with Crippen molar-refractivity contribution in [2.45, 2.75) is 124 Å². The maximum atomic E-state index is 12.3. The number of rotatable bonds is 15. The number of unbranched alkanes of at least 4 members (excludes halogenated alkanes) is 8. The van der Waals surface area contributed by atoms with E-state index in [2.05, 4.69) is 27.7 Å². The second-order valence-electron chi connectivity index (χ2n) is 8.96. The van der Waals surface area contributed by atoms with Gasteiger partial charge in [0, 0.05) is 12.8 Å². The van der Waals surface area contributed by atoms with Gasteiger partial charge < -0.3 is 0 Å². The van der Waals surface area contributed by atoms with Gasteiger partial charge in [-0.05, 0) is 49.4 Å². The minimum Gasteiger partial charge on any atom is -0.300 e. The normalized spacial score (nSPS) is 26.2. The van der Waals surface area contributed by atoms with Crippen molar-refractivity contribution in [2.75, 3.05) is 0 Å². The quantitative estimate of drug-likeness (QED) is 0.274. The molecule has 1 aliphatic carbocycles. The average molecular weight is 351 g/mol. The molecule has 1 heteroatoms. The molecule has 25 heavy (non-hydrogen) atoms. The Morgan fingerprint density at radius 3 is 1.80 bits per heavy atom. The molecule has 4 atom stereocenters. The molecule has 1 rings (SSSR count). The van der Waals surface area contributed by atoms with Crippen molar-refractivity contribution in [3.05, 3.63) is 0 Å². The molecule has 0 saturated heterocycles. The number of carbonyl (C=O) groups excluding carboxylic acids is 1. The summed E-state index contributed by atoms with van der Waals surface area (Å²) in [7, 11) is 0. The first kappa shape index (κ1) is 22.7. The Morgan fingerprint density at radius 1 is 0.680 bits per heavy atom. The highest BCUT2D eigenvalue weighted by atomic mass is 16.1. The zero-order chi connectivity index (χ0) is 18.5. The zero-order valence-electron chi connectivity index (χ0n) is 17.8. The van der Waals surface area contributed by atoms with Gasteiger partial charge in [0.15, 0.2) is 0 Å². The highest BCUT2D eigenvalue weighted by Crippen LogP contribution is 2.46. The van der Waals surface area contributed by atoms with Crippen LogP contribution >= 0.6 is 0 Å². The van der Waals surface area contributed by atoms with E-state index in [-0.39, 0.29) is 0 Å². The Kier molecular flexibility index (Phi) is 12.6. The van der Waals surface area contributed by atoms with Crippen LogP contribution in [0.2, 0.25) is 0 Å². The summed E-state index contributed by atoms with van der Waals surface area (Å²) in [4.78, 5) is 12.3. The summed E-state index contributed by atoms with van der Waals surface area (Å²) in [5, 5.41) is 0. The second-order valence-corrected chi connectivity index (χ2v) is 8.96. The number of hydrogen-bond donors (Lipinski definition) is 0. The third-order valence-corrected chi connectivity index (χ3v) is 6.71. The van der Waals surface area contributed by atoms with Gasteiger partial charge in [0.2, 0.25) is 0 Å². The number of hydrogen-bond acceptors (Lipinski definition) is 1. The Hall–Kier alpha value is -0.330. The molecule has 1 saturated carbocycles. The lowest BCUT2D eigenvalue weighted by molar-refractivity contribution is -0.119. The lowest BCUT2D eigenvalue weighted by atomic mass is 9.80. The molecule has 0 unspecified atom stereocenters. The van der Waals surface area contributed by atoms with Crippen molar-refractivity contribution in [1.29, 1.82) is 0 Å². The van der Waals surface area contributed by atoms with Crippen LogP contribution in [0, 0.1) is 23.7 Å². The van der Waals surface area contributed by atoms with E-state index in [9.17, 15) is 4.79 Å². The van der Waals surface area contributed by atoms with E-state index in [4.69, 9.17) is 0 Å². The average Bonchev–Trinajstić information content (AvgIpc) is 2.85. The van der Waals surface area contributed by atoms with Crippen LogP contribution in [0.25, 0.3) is 0 Å². The molecule has 0 bridgehead atoms. The first-order chi connectivity index (χ1) is 12.1. The molecule has 0 aromatic carbocycles. The molecule has 1 aliphatic rings. The fourth-order valence-electron chi connectivity index (χ4n) is 5.14. The maximum absolute atomic E-state index is 12.3. The highest BCUT2D eigenvalue weighted by molar-refractivity contribution is 5.78. The van der Waals surface area contributed by atoms with Gasteiger partial charge in [0.05, 0.1) is 0 Å². The lowest BCUT2D eigenvalue weighted by Gasteiger charge is -2.25. The third-order valence-electron chi connectivity index (χ3n) is 6.71. The molecule has 0 heterocycles. The first-order valence-electron chi connectivity index (χ1n) is 11.6. The van der Waals surface area contributed by atoms with Crippen LogP contribution < -0.4 is 0 Å². The molecular formula is C24H46O. The smallest absolute Gasteiger partial charge is 0.132 e. The largest absolute Gasteiger partial charge is 0.300 e. The van der Waals surface area contributed by atoms with Crippen LogP contribution in [0.5, 0.6) is 0 Å². The molecule has 0 spiro atoms. The Balaban J connectivity index is 2.26. The summed E-state index contributed by atoms with van der Waals surface area (Å²) in [6.45, 7) is 9.43. The van der Waals surface area contributed by atoms with Crippen LogP contribution in [-0.4, -0.2) is 5.78 Å². The van der Waals surface area contributed by atoms with Crippen molar-refractivity contribution in [2.24, 2.45) is 23.7 Å². The zero-order valence-corrected chi connectivity index (χ0v) is 17.8. The van der Waals surface area contributed by atoms with Crippen molar-refractivity contribution >= 4 is 5.78 Å². The fraction of sp³-hybridized carbons (Fsp3) is 0.958. The molecule has 0 N–H and O–H groups in total. The van der Waals surface area contributed by atoms with E-state index < -0.39 is 0 Å². The summed E-state index contributed by atoms with van der Waals surface area (Å²) < 4.78 is 0. The van der Waals surface area contributed by atoms with Crippen molar-refractivity contribution in [1.82, 2.24) is 0 Å². The van der Waals surface area contributed by atoms with Gasteiger partial charge in [-0.15, -0.1) is 0 Å². The van der Waals surface area contributed by atoms with E-state index in [1.165, 1.54) is 77.0 Å². The lowest BCUT2D eigenvalue weighted by Crippen LogP contribution is -2.17. The standard InChI is InChI=1S/C24H46O/c1-5-7-9-11-13-15-22(25)17-18-24-21(4)19-20(3)23(24)16-14-12-10-8-6-2/h20-21,23-24H,5-19H2,1-4H3/t20-,21+,23-,24-/m0/s1. The van der Waals surface area contributed by atoms with E-state index in [0.29, 0.717) is 5.78 Å². The molecule has 1 nitrogen and oxygen atoms in total. The van der Waals surface area contributed by atoms with Crippen LogP contribution in [0.4, 0.5) is 0 Å². The molecule has 0 radical (unpaired) electrons. The summed E-state index contributed by atoms with van der Waals surface area (Å²) >= 11 is 0. The minimum atomic E-state index is 0.532. The summed E-state index contributed by atoms with van der Waals surface area (Å²) in [5.74, 6) is 3.92. The Bertz CT molecular complexity index is 335. The molecule has 0 amide bonds. The van der Waals surface area contributed by atoms with E-state index in [1.54, 1.807) is 0 Å². The molecule has 0 aromatic rings. The maximum Gasteiger partial charge on any atom is 0.132 e. The number of carbonyl (C=O) groups is 1. The van der Waals surface area contributed by atoms with E-state index in [0.717, 1.165) is 42.9 Å². The van der Waals surface area contributed by atoms with Gasteiger partial charge in [-0.25, -0.2) is 0 Å². The van der Waals surface area contributed by atoms with Crippen LogP contribution in [0.3, 0.4) is 0 Å². The number of Topliss-reactive ketones (excluding diaryl/α,β-unsaturated/α-hetero) is 1. The Morgan fingerprint density at radius 2 is 1.20 bits per heavy atom. The predicted octanol–water partition coefficient (Wildman–Crippen LogP) is 7.97. The van der Waals surface area contributed by atoms with Gasteiger partial charge in [0.1, 0.15) is 5.78 Å². The Labute approximate surface area is 158 Å². The van der Waals surface area contributed by atoms with Gasteiger partial charge in [-0.2, -0.15) is 0 Å². The van der Waals surface area contributed by atoms with Gasteiger partial charge in [0.25, 0.3) is 0 Å². The van der Waals surface area contributed by atoms with Crippen LogP contribution in [0.15, 0.2) is 0 Å². The minimum absolute atomic E-state index is 0.532. The summed E-state index contributed by atoms with van der Waals surface area (Å²) in [6.07, 6.45) is 18.9. The van der Waals surface area contributed by atoms with Crippen LogP contribution in [-0.2, 0) is 4.79 Å². The van der Waals surface area contributed by atoms with Crippen LogP contribution in [0.1, 0.15) is 124 Å². The monoisotopic (exact) mass is 350 g/mol. The molecule has 0 aromatic heterocycles. The predicted molar refractivity (Wildman–Crippen MR) is 111 cm³/mol. The first-order valence-corrected chi connectivity index (χ1v) is 11.6. The molecule has 1 fully saturated rings. The van der Waals surface area contributed by atoms with E-state index >= 15 is 0 Å². The third kappa shape index (κ3) is 9.25. The molecule has 148 valence electrons. The SMILES string of the molecule is CCCCCCCC(=O)CC[C@@H]1[C@@H](CCCCCCC)[C@@H](C)C[C@H]1C. The van der Waals surface area contributed by atoms with Crippen molar-refractivity contribution in [3.8, 4) is 0 Å². The van der Waals surface area contributed by atoms with Gasteiger partial charge in [-0.3, -0.25) is 4.79 Å². The summed E-state index contributed by atoms with van der Waals surface area (Å²) in [5.41, 5.74) is 0.